The summed E-state index contributed by atoms with van der Waals surface area (Å²) in [5.41, 5.74) is 2.90. The Morgan fingerprint density at radius 1 is 1.12 bits per heavy atom. The minimum absolute atomic E-state index is 0.617. The van der Waals surface area contributed by atoms with E-state index in [9.17, 15) is 0 Å². The van der Waals surface area contributed by atoms with Crippen molar-refractivity contribution in [2.75, 3.05) is 26.9 Å². The van der Waals surface area contributed by atoms with Crippen molar-refractivity contribution in [2.24, 2.45) is 11.8 Å². The second-order valence-corrected chi connectivity index (χ2v) is 7.52. The van der Waals surface area contributed by atoms with Gasteiger partial charge in [0.1, 0.15) is 5.75 Å². The Hall–Kier alpha value is -1.32. The quantitative estimate of drug-likeness (QED) is 0.832. The van der Waals surface area contributed by atoms with Crippen LogP contribution < -0.4 is 10.1 Å². The molecule has 0 bridgehead atoms. The zero-order valence-electron chi connectivity index (χ0n) is 14.7. The van der Waals surface area contributed by atoms with Gasteiger partial charge in [-0.1, -0.05) is 31.1 Å². The molecule has 3 aliphatic rings. The highest BCUT2D eigenvalue weighted by Gasteiger charge is 2.50. The lowest BCUT2D eigenvalue weighted by molar-refractivity contribution is 0.0271. The van der Waals surface area contributed by atoms with Crippen LogP contribution in [0.5, 0.6) is 5.75 Å². The summed E-state index contributed by atoms with van der Waals surface area (Å²) in [6.45, 7) is 2.67. The molecule has 1 heterocycles. The van der Waals surface area contributed by atoms with Crippen LogP contribution in [-0.2, 0) is 4.74 Å². The predicted octanol–water partition coefficient (Wildman–Crippen LogP) is 3.90. The number of methoxy groups -OCH3 is 1. The third-order valence-corrected chi connectivity index (χ3v) is 6.23. The minimum Gasteiger partial charge on any atom is -0.497 e. The van der Waals surface area contributed by atoms with Crippen LogP contribution >= 0.6 is 0 Å². The van der Waals surface area contributed by atoms with Crippen LogP contribution in [0.3, 0.4) is 0 Å². The molecule has 2 saturated carbocycles. The number of hydrogen-bond donors (Lipinski definition) is 1. The molecule has 0 saturated heterocycles. The normalized spacial score (nSPS) is 32.5. The second-order valence-electron chi connectivity index (χ2n) is 7.52. The summed E-state index contributed by atoms with van der Waals surface area (Å²) in [4.78, 5) is 0. The summed E-state index contributed by atoms with van der Waals surface area (Å²) < 4.78 is 10.9. The smallest absolute Gasteiger partial charge is 0.118 e. The van der Waals surface area contributed by atoms with E-state index in [1.54, 1.807) is 7.11 Å². The van der Waals surface area contributed by atoms with Crippen molar-refractivity contribution in [1.29, 1.82) is 0 Å². The molecule has 1 aromatic carbocycles. The highest BCUT2D eigenvalue weighted by Crippen LogP contribution is 2.54. The minimum atomic E-state index is 0.617. The number of benzene rings is 1. The summed E-state index contributed by atoms with van der Waals surface area (Å²) in [6.07, 6.45) is 9.02. The van der Waals surface area contributed by atoms with Crippen molar-refractivity contribution in [3.8, 4) is 5.75 Å². The van der Waals surface area contributed by atoms with E-state index in [1.165, 1.54) is 36.8 Å². The first-order valence-electron chi connectivity index (χ1n) is 9.50. The lowest BCUT2D eigenvalue weighted by Crippen LogP contribution is -2.58. The van der Waals surface area contributed by atoms with Gasteiger partial charge in [0.15, 0.2) is 0 Å². The van der Waals surface area contributed by atoms with Crippen molar-refractivity contribution in [1.82, 2.24) is 5.32 Å². The average Bonchev–Trinajstić information content (AvgIpc) is 2.64. The Labute approximate surface area is 145 Å². The van der Waals surface area contributed by atoms with E-state index in [-0.39, 0.29) is 0 Å². The molecule has 2 fully saturated rings. The summed E-state index contributed by atoms with van der Waals surface area (Å²) in [7, 11) is 1.74. The van der Waals surface area contributed by atoms with Crippen molar-refractivity contribution in [3.63, 3.8) is 0 Å². The molecule has 1 N–H and O–H groups in total. The molecule has 130 valence electrons. The Bertz CT molecular complexity index is 580. The molecule has 0 amide bonds. The average molecular weight is 327 g/mol. The fourth-order valence-corrected chi connectivity index (χ4v) is 5.01. The number of ether oxygens (including phenoxy) is 2. The molecule has 3 nitrogen and oxygen atoms in total. The van der Waals surface area contributed by atoms with E-state index in [4.69, 9.17) is 9.47 Å². The zero-order chi connectivity index (χ0) is 16.4. The van der Waals surface area contributed by atoms with Crippen LogP contribution in [0.2, 0.25) is 0 Å². The summed E-state index contributed by atoms with van der Waals surface area (Å²) in [5, 5.41) is 3.89. The lowest BCUT2D eigenvalue weighted by Gasteiger charge is -2.55. The predicted molar refractivity (Wildman–Crippen MR) is 96.5 cm³/mol. The van der Waals surface area contributed by atoms with Gasteiger partial charge in [-0.15, -0.1) is 0 Å². The van der Waals surface area contributed by atoms with Gasteiger partial charge in [-0.05, 0) is 54.4 Å². The van der Waals surface area contributed by atoms with Gasteiger partial charge in [0, 0.05) is 18.5 Å². The van der Waals surface area contributed by atoms with Gasteiger partial charge < -0.3 is 14.8 Å². The van der Waals surface area contributed by atoms with E-state index in [2.05, 4.69) is 35.7 Å². The van der Waals surface area contributed by atoms with Gasteiger partial charge in [0.05, 0.1) is 20.3 Å². The van der Waals surface area contributed by atoms with Gasteiger partial charge in [-0.25, -0.2) is 0 Å². The first-order valence-corrected chi connectivity index (χ1v) is 9.50. The van der Waals surface area contributed by atoms with Crippen molar-refractivity contribution in [3.05, 3.63) is 41.5 Å². The van der Waals surface area contributed by atoms with Gasteiger partial charge in [-0.2, -0.15) is 0 Å². The molecule has 0 spiro atoms. The number of fused-ring (bicyclic) bond motifs is 1. The van der Waals surface area contributed by atoms with Gasteiger partial charge in [0.25, 0.3) is 0 Å². The molecule has 1 aliphatic heterocycles. The number of nitrogens with one attached hydrogen (secondary N) is 1. The van der Waals surface area contributed by atoms with E-state index < -0.39 is 0 Å². The van der Waals surface area contributed by atoms with Crippen LogP contribution in [0.4, 0.5) is 0 Å². The molecule has 0 radical (unpaired) electrons. The van der Waals surface area contributed by atoms with Gasteiger partial charge >= 0.3 is 0 Å². The molecule has 3 heteroatoms. The van der Waals surface area contributed by atoms with E-state index in [1.807, 2.05) is 0 Å². The highest BCUT2D eigenvalue weighted by atomic mass is 16.5. The largest absolute Gasteiger partial charge is 0.497 e. The maximum Gasteiger partial charge on any atom is 0.118 e. The Morgan fingerprint density at radius 3 is 2.62 bits per heavy atom. The SMILES string of the molecule is COc1ccc([C@H]2C3CCCCC3[C@@H]2NCC2=CCCOC2)cc1. The Balaban J connectivity index is 1.47. The first-order chi connectivity index (χ1) is 11.9. The molecular formula is C21H29NO2. The fourth-order valence-electron chi connectivity index (χ4n) is 5.01. The maximum absolute atomic E-state index is 5.59. The van der Waals surface area contributed by atoms with Crippen molar-refractivity contribution >= 4 is 0 Å². The van der Waals surface area contributed by atoms with Gasteiger partial charge in [0.2, 0.25) is 0 Å². The fraction of sp³-hybridized carbons (Fsp3) is 0.619. The molecule has 4 rings (SSSR count). The molecule has 1 aromatic rings. The summed E-state index contributed by atoms with van der Waals surface area (Å²) >= 11 is 0. The third-order valence-electron chi connectivity index (χ3n) is 6.23. The van der Waals surface area contributed by atoms with E-state index in [0.717, 1.165) is 43.8 Å². The van der Waals surface area contributed by atoms with Crippen LogP contribution in [-0.4, -0.2) is 32.9 Å². The van der Waals surface area contributed by atoms with Crippen LogP contribution in [0, 0.1) is 11.8 Å². The number of hydrogen-bond acceptors (Lipinski definition) is 3. The third kappa shape index (κ3) is 3.12. The summed E-state index contributed by atoms with van der Waals surface area (Å²) in [6, 6.07) is 9.38. The molecule has 2 unspecified atom stereocenters. The molecule has 4 atom stereocenters. The van der Waals surface area contributed by atoms with E-state index >= 15 is 0 Å². The molecule has 0 aromatic heterocycles. The zero-order valence-corrected chi connectivity index (χ0v) is 14.7. The topological polar surface area (TPSA) is 30.5 Å². The first kappa shape index (κ1) is 16.2. The van der Waals surface area contributed by atoms with Gasteiger partial charge in [-0.3, -0.25) is 0 Å². The Kier molecular flexibility index (Phi) is 4.91. The maximum atomic E-state index is 5.59. The molecule has 24 heavy (non-hydrogen) atoms. The van der Waals surface area contributed by atoms with Crippen LogP contribution in [0.1, 0.15) is 43.6 Å². The number of rotatable bonds is 5. The van der Waals surface area contributed by atoms with Crippen molar-refractivity contribution < 1.29 is 9.47 Å². The van der Waals surface area contributed by atoms with Crippen LogP contribution in [0.15, 0.2) is 35.9 Å². The van der Waals surface area contributed by atoms with Crippen molar-refractivity contribution in [2.45, 2.75) is 44.1 Å². The molecule has 2 aliphatic carbocycles. The van der Waals surface area contributed by atoms with E-state index in [0.29, 0.717) is 12.0 Å². The highest BCUT2D eigenvalue weighted by molar-refractivity contribution is 5.33. The second kappa shape index (κ2) is 7.28. The molecular weight excluding hydrogens is 298 g/mol. The monoisotopic (exact) mass is 327 g/mol. The standard InChI is InChI=1S/C21H29NO2/c1-23-17-10-8-16(9-11-17)20-18-6-2-3-7-19(18)21(20)22-13-15-5-4-12-24-14-15/h5,8-11,18-22H,2-4,6-7,12-14H2,1H3/t18?,19?,20-,21-/m0/s1. The Morgan fingerprint density at radius 2 is 1.92 bits per heavy atom. The summed E-state index contributed by atoms with van der Waals surface area (Å²) in [5.74, 6) is 3.33. The lowest BCUT2D eigenvalue weighted by atomic mass is 9.53. The van der Waals surface area contributed by atoms with Crippen LogP contribution in [0.25, 0.3) is 0 Å².